The molecule has 1 aliphatic rings. The second-order valence-electron chi connectivity index (χ2n) is 5.05. The molecule has 1 unspecified atom stereocenters. The fraction of sp³-hybridized carbons (Fsp3) is 0.600. The lowest BCUT2D eigenvalue weighted by atomic mass is 9.87. The number of hydrogen-bond acceptors (Lipinski definition) is 2. The first-order chi connectivity index (χ1) is 9.22. The minimum atomic E-state index is -0.227. The van der Waals surface area contributed by atoms with E-state index in [2.05, 4.69) is 12.2 Å². The molecule has 1 atom stereocenters. The number of halogens is 2. The molecule has 19 heavy (non-hydrogen) atoms. The van der Waals surface area contributed by atoms with Crippen molar-refractivity contribution in [3.05, 3.63) is 34.6 Å². The van der Waals surface area contributed by atoms with Gasteiger partial charge in [-0.2, -0.15) is 0 Å². The minimum Gasteiger partial charge on any atom is -0.381 e. The third-order valence-corrected chi connectivity index (χ3v) is 3.99. The molecular weight excluding hydrogens is 265 g/mol. The molecule has 1 N–H and O–H groups in total. The maximum absolute atomic E-state index is 13.5. The zero-order valence-electron chi connectivity index (χ0n) is 11.3. The van der Waals surface area contributed by atoms with Gasteiger partial charge < -0.3 is 10.1 Å². The molecule has 1 aromatic rings. The molecule has 106 valence electrons. The van der Waals surface area contributed by atoms with Crippen molar-refractivity contribution in [2.45, 2.75) is 32.2 Å². The Bertz CT molecular complexity index is 407. The summed E-state index contributed by atoms with van der Waals surface area (Å²) in [6, 6.07) is 4.73. The number of benzene rings is 1. The minimum absolute atomic E-state index is 0.118. The van der Waals surface area contributed by atoms with Gasteiger partial charge in [0.2, 0.25) is 0 Å². The van der Waals surface area contributed by atoms with Gasteiger partial charge in [0.1, 0.15) is 5.82 Å². The monoisotopic (exact) mass is 285 g/mol. The largest absolute Gasteiger partial charge is 0.381 e. The third-order valence-electron chi connectivity index (χ3n) is 3.64. The van der Waals surface area contributed by atoms with Crippen molar-refractivity contribution in [3.63, 3.8) is 0 Å². The normalized spacial score (nSPS) is 18.5. The summed E-state index contributed by atoms with van der Waals surface area (Å²) in [5.41, 5.74) is 0.877. The third kappa shape index (κ3) is 3.91. The second-order valence-corrected chi connectivity index (χ2v) is 5.45. The molecule has 2 nitrogen and oxygen atoms in total. The smallest absolute Gasteiger partial charge is 0.123 e. The van der Waals surface area contributed by atoms with Crippen molar-refractivity contribution in [3.8, 4) is 0 Å². The van der Waals surface area contributed by atoms with Crippen LogP contribution >= 0.6 is 11.6 Å². The van der Waals surface area contributed by atoms with Crippen LogP contribution in [0.5, 0.6) is 0 Å². The summed E-state index contributed by atoms with van der Waals surface area (Å²) < 4.78 is 18.9. The first kappa shape index (κ1) is 14.8. The quantitative estimate of drug-likeness (QED) is 0.884. The molecule has 0 radical (unpaired) electrons. The fourth-order valence-corrected chi connectivity index (χ4v) is 2.87. The summed E-state index contributed by atoms with van der Waals surface area (Å²) in [4.78, 5) is 0. The molecule has 0 aliphatic carbocycles. The van der Waals surface area contributed by atoms with Crippen LogP contribution < -0.4 is 5.32 Å². The molecule has 1 heterocycles. The Hall–Kier alpha value is -0.640. The summed E-state index contributed by atoms with van der Waals surface area (Å²) in [6.45, 7) is 4.60. The van der Waals surface area contributed by atoms with Crippen LogP contribution in [0, 0.1) is 11.7 Å². The van der Waals surface area contributed by atoms with Crippen LogP contribution in [0.3, 0.4) is 0 Å². The lowest BCUT2D eigenvalue weighted by molar-refractivity contribution is 0.0536. The predicted octanol–water partition coefficient (Wildman–Crippen LogP) is 3.95. The van der Waals surface area contributed by atoms with E-state index in [0.717, 1.165) is 44.6 Å². The average Bonchev–Trinajstić information content (AvgIpc) is 2.44. The average molecular weight is 286 g/mol. The second kappa shape index (κ2) is 7.22. The molecule has 1 aliphatic heterocycles. The molecule has 4 heteroatoms. The van der Waals surface area contributed by atoms with E-state index in [1.807, 2.05) is 0 Å². The number of nitrogens with one attached hydrogen (secondary N) is 1. The Labute approximate surface area is 119 Å². The van der Waals surface area contributed by atoms with Gasteiger partial charge in [-0.1, -0.05) is 18.5 Å². The van der Waals surface area contributed by atoms with E-state index in [9.17, 15) is 4.39 Å². The van der Waals surface area contributed by atoms with Crippen LogP contribution in [0.4, 0.5) is 4.39 Å². The fourth-order valence-electron chi connectivity index (χ4n) is 2.63. The van der Waals surface area contributed by atoms with Crippen LogP contribution in [-0.2, 0) is 4.74 Å². The van der Waals surface area contributed by atoms with Gasteiger partial charge in [0.05, 0.1) is 0 Å². The first-order valence-electron chi connectivity index (χ1n) is 6.98. The summed E-state index contributed by atoms with van der Waals surface area (Å²) in [5, 5.41) is 4.16. The van der Waals surface area contributed by atoms with E-state index < -0.39 is 0 Å². The van der Waals surface area contributed by atoms with E-state index in [-0.39, 0.29) is 11.9 Å². The van der Waals surface area contributed by atoms with Crippen molar-refractivity contribution in [1.82, 2.24) is 5.32 Å². The van der Waals surface area contributed by atoms with Crippen molar-refractivity contribution >= 4 is 11.6 Å². The van der Waals surface area contributed by atoms with Crippen molar-refractivity contribution in [2.75, 3.05) is 19.8 Å². The highest BCUT2D eigenvalue weighted by atomic mass is 35.5. The number of hydrogen-bond donors (Lipinski definition) is 1. The first-order valence-corrected chi connectivity index (χ1v) is 7.36. The molecule has 1 aromatic carbocycles. The summed E-state index contributed by atoms with van der Waals surface area (Å²) in [5.74, 6) is 0.231. The Balaban J connectivity index is 2.22. The summed E-state index contributed by atoms with van der Waals surface area (Å²) in [7, 11) is 0. The maximum Gasteiger partial charge on any atom is 0.123 e. The van der Waals surface area contributed by atoms with Crippen LogP contribution in [0.25, 0.3) is 0 Å². The molecule has 0 saturated carbocycles. The number of ether oxygens (including phenoxy) is 1. The summed E-state index contributed by atoms with van der Waals surface area (Å²) in [6.07, 6.45) is 3.04. The van der Waals surface area contributed by atoms with Crippen LogP contribution in [-0.4, -0.2) is 19.8 Å². The van der Waals surface area contributed by atoms with E-state index in [1.54, 1.807) is 12.1 Å². The van der Waals surface area contributed by atoms with Gasteiger partial charge in [0, 0.05) is 24.3 Å². The number of rotatable bonds is 5. The molecular formula is C15H21ClFNO. The van der Waals surface area contributed by atoms with Gasteiger partial charge in [-0.05, 0) is 55.5 Å². The van der Waals surface area contributed by atoms with Gasteiger partial charge in [0.15, 0.2) is 0 Å². The lowest BCUT2D eigenvalue weighted by Gasteiger charge is -2.32. The summed E-state index contributed by atoms with van der Waals surface area (Å²) >= 11 is 6.25. The SMILES string of the molecule is CCCNC(c1cc(F)ccc1Cl)C1CCOCC1. The van der Waals surface area contributed by atoms with Gasteiger partial charge in [-0.3, -0.25) is 0 Å². The molecule has 0 amide bonds. The van der Waals surface area contributed by atoms with E-state index >= 15 is 0 Å². The maximum atomic E-state index is 13.5. The van der Waals surface area contributed by atoms with E-state index in [4.69, 9.17) is 16.3 Å². The van der Waals surface area contributed by atoms with E-state index in [0.29, 0.717) is 10.9 Å². The van der Waals surface area contributed by atoms with Crippen molar-refractivity contribution in [2.24, 2.45) is 5.92 Å². The Morgan fingerprint density at radius 3 is 2.84 bits per heavy atom. The van der Waals surface area contributed by atoms with Gasteiger partial charge >= 0.3 is 0 Å². The molecule has 0 spiro atoms. The zero-order valence-corrected chi connectivity index (χ0v) is 12.0. The Morgan fingerprint density at radius 2 is 2.16 bits per heavy atom. The van der Waals surface area contributed by atoms with Crippen LogP contribution in [0.15, 0.2) is 18.2 Å². The molecule has 0 aromatic heterocycles. The van der Waals surface area contributed by atoms with Gasteiger partial charge in [0.25, 0.3) is 0 Å². The highest BCUT2D eigenvalue weighted by molar-refractivity contribution is 6.31. The zero-order chi connectivity index (χ0) is 13.7. The molecule has 0 bridgehead atoms. The van der Waals surface area contributed by atoms with Gasteiger partial charge in [-0.25, -0.2) is 4.39 Å². The molecule has 1 fully saturated rings. The lowest BCUT2D eigenvalue weighted by Crippen LogP contribution is -2.33. The van der Waals surface area contributed by atoms with E-state index in [1.165, 1.54) is 6.07 Å². The van der Waals surface area contributed by atoms with Crippen molar-refractivity contribution < 1.29 is 9.13 Å². The highest BCUT2D eigenvalue weighted by Gasteiger charge is 2.26. The molecule has 2 rings (SSSR count). The van der Waals surface area contributed by atoms with Crippen LogP contribution in [0.1, 0.15) is 37.8 Å². The highest BCUT2D eigenvalue weighted by Crippen LogP contribution is 2.34. The topological polar surface area (TPSA) is 21.3 Å². The Kier molecular flexibility index (Phi) is 5.61. The van der Waals surface area contributed by atoms with Crippen LogP contribution in [0.2, 0.25) is 5.02 Å². The Morgan fingerprint density at radius 1 is 1.42 bits per heavy atom. The van der Waals surface area contributed by atoms with Gasteiger partial charge in [-0.15, -0.1) is 0 Å². The standard InChI is InChI=1S/C15H21ClFNO/c1-2-7-18-15(11-5-8-19-9-6-11)13-10-12(17)3-4-14(13)16/h3-4,10-11,15,18H,2,5-9H2,1H3. The van der Waals surface area contributed by atoms with Crippen molar-refractivity contribution in [1.29, 1.82) is 0 Å². The molecule has 1 saturated heterocycles. The predicted molar refractivity (Wildman–Crippen MR) is 76.0 cm³/mol.